The molecule has 0 aromatic heterocycles. The smallest absolute Gasteiger partial charge is 0.133 e. The van der Waals surface area contributed by atoms with Crippen molar-refractivity contribution in [2.75, 3.05) is 0 Å². The average molecular weight is 429 g/mol. The summed E-state index contributed by atoms with van der Waals surface area (Å²) in [6.45, 7) is 18.5. The van der Waals surface area contributed by atoms with Crippen LogP contribution >= 0.6 is 0 Å². The van der Waals surface area contributed by atoms with E-state index in [2.05, 4.69) is 59.9 Å². The van der Waals surface area contributed by atoms with E-state index in [0.29, 0.717) is 17.6 Å². The fourth-order valence-electron chi connectivity index (χ4n) is 7.89. The van der Waals surface area contributed by atoms with Crippen LogP contribution in [0.2, 0.25) is 18.1 Å². The Balaban J connectivity index is 1.69. The molecule has 0 aromatic carbocycles. The van der Waals surface area contributed by atoms with Gasteiger partial charge in [-0.1, -0.05) is 71.0 Å². The van der Waals surface area contributed by atoms with Crippen LogP contribution in [0, 0.1) is 28.6 Å². The Hall–Kier alpha value is -0.673. The molecule has 0 radical (unpaired) electrons. The van der Waals surface area contributed by atoms with Crippen LogP contribution in [0.1, 0.15) is 86.5 Å². The van der Waals surface area contributed by atoms with Gasteiger partial charge < -0.3 is 5.11 Å². The van der Waals surface area contributed by atoms with Gasteiger partial charge in [-0.15, -0.1) is 0 Å². The van der Waals surface area contributed by atoms with Crippen molar-refractivity contribution in [2.24, 2.45) is 28.6 Å². The van der Waals surface area contributed by atoms with Gasteiger partial charge in [0, 0.05) is 5.92 Å². The lowest BCUT2D eigenvalue weighted by Gasteiger charge is -2.59. The quantitative estimate of drug-likeness (QED) is 0.488. The Kier molecular flexibility index (Phi) is 5.00. The van der Waals surface area contributed by atoms with Crippen LogP contribution in [0.25, 0.3) is 0 Å². The second-order valence-electron chi connectivity index (χ2n) is 13.2. The predicted molar refractivity (Wildman–Crippen MR) is 128 cm³/mol. The third-order valence-electron chi connectivity index (χ3n) is 11.2. The van der Waals surface area contributed by atoms with Gasteiger partial charge in [0.1, 0.15) is 5.78 Å². The number of fused-ring (bicyclic) bond motifs is 5. The lowest BCUT2D eigenvalue weighted by molar-refractivity contribution is -0.124. The highest BCUT2D eigenvalue weighted by Gasteiger charge is 2.61. The zero-order valence-electron chi connectivity index (χ0n) is 20.7. The topological polar surface area (TPSA) is 37.3 Å². The van der Waals surface area contributed by atoms with E-state index in [1.54, 1.807) is 5.57 Å². The van der Waals surface area contributed by atoms with Crippen molar-refractivity contribution in [3.8, 4) is 0 Å². The Labute approximate surface area is 185 Å². The van der Waals surface area contributed by atoms with Crippen LogP contribution in [0.4, 0.5) is 0 Å². The van der Waals surface area contributed by atoms with Crippen LogP contribution in [0.3, 0.4) is 0 Å². The first-order valence-electron chi connectivity index (χ1n) is 12.3. The van der Waals surface area contributed by atoms with E-state index < -0.39 is 13.3 Å². The molecule has 0 bridgehead atoms. The molecule has 3 heteroatoms. The number of Topliss-reactive ketones (excluding diaryl/α,β-unsaturated/α-hetero) is 1. The molecule has 0 aromatic rings. The highest BCUT2D eigenvalue weighted by Crippen LogP contribution is 2.66. The summed E-state index contributed by atoms with van der Waals surface area (Å²) in [5, 5.41) is 11.6. The van der Waals surface area contributed by atoms with E-state index in [9.17, 15) is 9.90 Å². The number of hydrogen-bond acceptors (Lipinski definition) is 2. The second-order valence-corrected chi connectivity index (χ2v) is 18.9. The molecule has 3 fully saturated rings. The third-order valence-corrected chi connectivity index (χ3v) is 17.7. The summed E-state index contributed by atoms with van der Waals surface area (Å²) in [5.41, 5.74) is 3.48. The van der Waals surface area contributed by atoms with Gasteiger partial charge >= 0.3 is 0 Å². The van der Waals surface area contributed by atoms with Crippen molar-refractivity contribution >= 4 is 13.9 Å². The summed E-state index contributed by atoms with van der Waals surface area (Å²) in [5.74, 6) is 1.82. The molecule has 0 saturated heterocycles. The van der Waals surface area contributed by atoms with Crippen molar-refractivity contribution in [1.29, 1.82) is 0 Å². The van der Waals surface area contributed by atoms with Crippen LogP contribution in [0.15, 0.2) is 23.3 Å². The number of hydrogen-bond donors (Lipinski definition) is 1. The van der Waals surface area contributed by atoms with Crippen LogP contribution < -0.4 is 0 Å². The highest BCUT2D eigenvalue weighted by molar-refractivity contribution is 6.82. The van der Waals surface area contributed by atoms with Crippen molar-refractivity contribution < 1.29 is 9.90 Å². The lowest BCUT2D eigenvalue weighted by Crippen LogP contribution is -2.63. The Morgan fingerprint density at radius 2 is 1.70 bits per heavy atom. The first-order chi connectivity index (χ1) is 13.7. The number of carbonyl (C=O) groups excluding carboxylic acids is 1. The Morgan fingerprint density at radius 3 is 2.30 bits per heavy atom. The van der Waals surface area contributed by atoms with Gasteiger partial charge in [-0.3, -0.25) is 4.79 Å². The zero-order valence-corrected chi connectivity index (χ0v) is 21.7. The van der Waals surface area contributed by atoms with E-state index in [1.165, 1.54) is 24.8 Å². The molecule has 30 heavy (non-hydrogen) atoms. The first-order valence-corrected chi connectivity index (χ1v) is 15.3. The fourth-order valence-corrected chi connectivity index (χ4v) is 10.7. The van der Waals surface area contributed by atoms with Gasteiger partial charge in [0.15, 0.2) is 0 Å². The highest BCUT2D eigenvalue weighted by atomic mass is 28.3. The maximum absolute atomic E-state index is 12.3. The molecule has 0 heterocycles. The third kappa shape index (κ3) is 2.86. The van der Waals surface area contributed by atoms with E-state index in [-0.39, 0.29) is 21.8 Å². The molecule has 3 saturated carbocycles. The van der Waals surface area contributed by atoms with Crippen molar-refractivity contribution in [1.82, 2.24) is 0 Å². The van der Waals surface area contributed by atoms with Crippen molar-refractivity contribution in [3.63, 3.8) is 0 Å². The van der Waals surface area contributed by atoms with Crippen molar-refractivity contribution in [3.05, 3.63) is 23.3 Å². The summed E-state index contributed by atoms with van der Waals surface area (Å²) in [6, 6.07) is 0. The number of allylic oxidation sites excluding steroid dienone is 3. The minimum atomic E-state index is -1.88. The predicted octanol–water partition coefficient (Wildman–Crippen LogP) is 6.85. The molecule has 0 amide bonds. The van der Waals surface area contributed by atoms with Crippen LogP contribution in [-0.2, 0) is 4.79 Å². The second kappa shape index (κ2) is 6.67. The summed E-state index contributed by atoms with van der Waals surface area (Å²) in [6.07, 6.45) is 12.4. The molecule has 4 aliphatic rings. The monoisotopic (exact) mass is 428 g/mol. The van der Waals surface area contributed by atoms with Gasteiger partial charge in [0.05, 0.1) is 13.3 Å². The lowest BCUT2D eigenvalue weighted by atomic mass is 9.50. The Morgan fingerprint density at radius 1 is 1.03 bits per heavy atom. The first kappa shape index (κ1) is 22.5. The maximum Gasteiger partial charge on any atom is 0.133 e. The molecular formula is C27H44O2Si. The zero-order chi connectivity index (χ0) is 22.3. The van der Waals surface area contributed by atoms with Gasteiger partial charge in [-0.2, -0.15) is 0 Å². The molecule has 1 unspecified atom stereocenters. The standard InChI is InChI=1S/C27H44O2Si/c1-18(28)21-11-12-22-20-10-9-19-17-27(29,30(7,8)24(2,3)4)16-15-25(19,5)23(20)13-14-26(21,22)6/h9-10,21-23,29H,11-17H2,1-8H3/t21-,22+,23+,25+,26-,27?/m1/s1. The van der Waals surface area contributed by atoms with E-state index >= 15 is 0 Å². The normalized spacial score (nSPS) is 43.8. The molecule has 4 aliphatic carbocycles. The minimum Gasteiger partial charge on any atom is -0.393 e. The number of carbonyl (C=O) groups is 1. The Bertz CT molecular complexity index is 815. The molecule has 4 rings (SSSR count). The molecule has 6 atom stereocenters. The number of rotatable bonds is 2. The van der Waals surface area contributed by atoms with E-state index in [1.807, 2.05) is 6.92 Å². The van der Waals surface area contributed by atoms with Crippen LogP contribution in [0.5, 0.6) is 0 Å². The summed E-state index contributed by atoms with van der Waals surface area (Å²) in [4.78, 5) is 12.3. The number of aliphatic hydroxyl groups is 1. The summed E-state index contributed by atoms with van der Waals surface area (Å²) >= 11 is 0. The van der Waals surface area contributed by atoms with E-state index in [0.717, 1.165) is 25.7 Å². The fraction of sp³-hybridized carbons (Fsp3) is 0.815. The molecular weight excluding hydrogens is 384 g/mol. The van der Waals surface area contributed by atoms with Crippen molar-refractivity contribution in [2.45, 2.75) is 110 Å². The number of ketones is 1. The molecule has 0 aliphatic heterocycles. The largest absolute Gasteiger partial charge is 0.393 e. The van der Waals surface area contributed by atoms with Crippen LogP contribution in [-0.4, -0.2) is 24.2 Å². The van der Waals surface area contributed by atoms with Gasteiger partial charge in [-0.25, -0.2) is 0 Å². The van der Waals surface area contributed by atoms with Gasteiger partial charge in [0.25, 0.3) is 0 Å². The molecule has 2 nitrogen and oxygen atoms in total. The van der Waals surface area contributed by atoms with E-state index in [4.69, 9.17) is 0 Å². The summed E-state index contributed by atoms with van der Waals surface area (Å²) < 4.78 is 0. The molecule has 0 spiro atoms. The van der Waals surface area contributed by atoms with Gasteiger partial charge in [0.2, 0.25) is 0 Å². The molecule has 1 N–H and O–H groups in total. The average Bonchev–Trinajstić information content (AvgIpc) is 2.99. The minimum absolute atomic E-state index is 0.159. The molecule has 168 valence electrons. The maximum atomic E-state index is 12.3. The SMILES string of the molecule is CC(=O)[C@H]1CC[C@H]2C3=CC=C4CC(O)([Si](C)(C)C(C)(C)C)CC[C@]4(C)[C@H]3CC[C@]12C. The van der Waals surface area contributed by atoms with Gasteiger partial charge in [-0.05, 0) is 79.6 Å². The summed E-state index contributed by atoms with van der Waals surface area (Å²) in [7, 11) is -1.88.